The summed E-state index contributed by atoms with van der Waals surface area (Å²) in [6.07, 6.45) is 0. The summed E-state index contributed by atoms with van der Waals surface area (Å²) in [7, 11) is 0. The zero-order chi connectivity index (χ0) is 21.2. The second-order valence-corrected chi connectivity index (χ2v) is 6.94. The highest BCUT2D eigenvalue weighted by Crippen LogP contribution is 2.34. The fourth-order valence-corrected chi connectivity index (χ4v) is 3.41. The van der Waals surface area contributed by atoms with Crippen molar-refractivity contribution in [3.8, 4) is 11.5 Å². The molecular weight excluding hydrogens is 396 g/mol. The Balaban J connectivity index is 1.47. The molecule has 2 N–H and O–H groups in total. The number of carbonyl (C=O) groups is 2. The van der Waals surface area contributed by atoms with Crippen molar-refractivity contribution in [2.45, 2.75) is 0 Å². The van der Waals surface area contributed by atoms with Crippen LogP contribution in [0, 0.1) is 0 Å². The van der Waals surface area contributed by atoms with Crippen LogP contribution in [0.3, 0.4) is 0 Å². The van der Waals surface area contributed by atoms with E-state index >= 15 is 0 Å². The minimum atomic E-state index is -0.490. The minimum absolute atomic E-state index is 0.0142. The number of fused-ring (bicyclic) bond motifs is 2. The maximum atomic E-state index is 13.1. The van der Waals surface area contributed by atoms with Crippen LogP contribution >= 0.6 is 0 Å². The molecule has 0 saturated carbocycles. The number of furan rings is 1. The molecule has 0 fully saturated rings. The lowest BCUT2D eigenvalue weighted by Gasteiger charge is -2.18. The van der Waals surface area contributed by atoms with E-state index in [0.717, 1.165) is 0 Å². The fraction of sp³-hybridized carbons (Fsp3) is 0.0833. The van der Waals surface area contributed by atoms with Crippen LogP contribution in [0.4, 0.5) is 11.4 Å². The molecule has 2 heterocycles. The SMILES string of the molecule is O=C(Nc1c(C(=O)Nc2ccc3c(c2)OCCO3)oc2ccccc12)c1ccccc1. The molecule has 3 aromatic carbocycles. The molecule has 5 rings (SSSR count). The van der Waals surface area contributed by atoms with Gasteiger partial charge in [0.1, 0.15) is 24.5 Å². The van der Waals surface area contributed by atoms with Crippen molar-refractivity contribution >= 4 is 34.2 Å². The van der Waals surface area contributed by atoms with Gasteiger partial charge in [-0.25, -0.2) is 0 Å². The molecule has 0 radical (unpaired) electrons. The fourth-order valence-electron chi connectivity index (χ4n) is 3.41. The van der Waals surface area contributed by atoms with Crippen LogP contribution in [0.25, 0.3) is 11.0 Å². The molecule has 0 unspecified atom stereocenters. The van der Waals surface area contributed by atoms with Gasteiger partial charge in [0.15, 0.2) is 11.5 Å². The first-order chi connectivity index (χ1) is 15.2. The molecule has 1 aliphatic heterocycles. The Labute approximate surface area is 177 Å². The largest absolute Gasteiger partial charge is 0.486 e. The van der Waals surface area contributed by atoms with E-state index in [9.17, 15) is 9.59 Å². The Morgan fingerprint density at radius 1 is 0.742 bits per heavy atom. The zero-order valence-corrected chi connectivity index (χ0v) is 16.4. The van der Waals surface area contributed by atoms with Crippen molar-refractivity contribution in [1.82, 2.24) is 0 Å². The summed E-state index contributed by atoms with van der Waals surface area (Å²) in [6, 6.07) is 21.1. The van der Waals surface area contributed by atoms with Crippen LogP contribution < -0.4 is 20.1 Å². The van der Waals surface area contributed by atoms with Crippen molar-refractivity contribution < 1.29 is 23.5 Å². The van der Waals surface area contributed by atoms with E-state index in [4.69, 9.17) is 13.9 Å². The predicted molar refractivity (Wildman–Crippen MR) is 116 cm³/mol. The molecule has 1 aromatic heterocycles. The molecule has 7 nitrogen and oxygen atoms in total. The monoisotopic (exact) mass is 414 g/mol. The minimum Gasteiger partial charge on any atom is -0.486 e. The number of nitrogens with one attached hydrogen (secondary N) is 2. The van der Waals surface area contributed by atoms with E-state index < -0.39 is 5.91 Å². The summed E-state index contributed by atoms with van der Waals surface area (Å²) in [4.78, 5) is 25.8. The predicted octanol–water partition coefficient (Wildman–Crippen LogP) is 4.71. The highest BCUT2D eigenvalue weighted by molar-refractivity contribution is 6.16. The van der Waals surface area contributed by atoms with Gasteiger partial charge in [0.25, 0.3) is 11.8 Å². The van der Waals surface area contributed by atoms with Gasteiger partial charge < -0.3 is 24.5 Å². The quantitative estimate of drug-likeness (QED) is 0.505. The third kappa shape index (κ3) is 3.69. The van der Waals surface area contributed by atoms with Gasteiger partial charge in [-0.05, 0) is 36.4 Å². The lowest BCUT2D eigenvalue weighted by molar-refractivity contribution is 0.0999. The first kappa shape index (κ1) is 18.7. The van der Waals surface area contributed by atoms with Gasteiger partial charge >= 0.3 is 0 Å². The Kier molecular flexibility index (Phi) is 4.76. The van der Waals surface area contributed by atoms with Gasteiger partial charge in [0.05, 0.1) is 0 Å². The van der Waals surface area contributed by atoms with Crippen molar-refractivity contribution in [3.05, 3.63) is 84.1 Å². The van der Waals surface area contributed by atoms with Crippen LogP contribution in [0.15, 0.2) is 77.2 Å². The first-order valence-corrected chi connectivity index (χ1v) is 9.78. The highest BCUT2D eigenvalue weighted by atomic mass is 16.6. The highest BCUT2D eigenvalue weighted by Gasteiger charge is 2.23. The Hall–Kier alpha value is -4.26. The Morgan fingerprint density at radius 3 is 2.32 bits per heavy atom. The van der Waals surface area contributed by atoms with Gasteiger partial charge in [0.2, 0.25) is 5.76 Å². The maximum Gasteiger partial charge on any atom is 0.293 e. The number of para-hydroxylation sites is 1. The summed E-state index contributed by atoms with van der Waals surface area (Å²) in [6.45, 7) is 0.936. The summed E-state index contributed by atoms with van der Waals surface area (Å²) >= 11 is 0. The molecule has 4 aromatic rings. The number of benzene rings is 3. The van der Waals surface area contributed by atoms with Gasteiger partial charge in [0, 0.05) is 22.7 Å². The van der Waals surface area contributed by atoms with Crippen molar-refractivity contribution in [3.63, 3.8) is 0 Å². The molecule has 31 heavy (non-hydrogen) atoms. The second kappa shape index (κ2) is 7.87. The Bertz CT molecular complexity index is 1280. The molecule has 0 bridgehead atoms. The average Bonchev–Trinajstić information content (AvgIpc) is 3.18. The molecule has 0 atom stereocenters. The third-order valence-electron chi connectivity index (χ3n) is 4.88. The Morgan fingerprint density at radius 2 is 1.48 bits per heavy atom. The molecule has 0 spiro atoms. The molecule has 0 aliphatic carbocycles. The normalized spacial score (nSPS) is 12.4. The van der Waals surface area contributed by atoms with E-state index in [1.807, 2.05) is 12.1 Å². The lowest BCUT2D eigenvalue weighted by atomic mass is 10.1. The number of hydrogen-bond donors (Lipinski definition) is 2. The van der Waals surface area contributed by atoms with Gasteiger partial charge in [-0.15, -0.1) is 0 Å². The standard InChI is InChI=1S/C24H18N2O5/c27-23(15-6-2-1-3-7-15)26-21-17-8-4-5-9-18(17)31-22(21)24(28)25-16-10-11-19-20(14-16)30-13-12-29-19/h1-11,14H,12-13H2,(H,25,28)(H,26,27). The van der Waals surface area contributed by atoms with Crippen LogP contribution in [0.1, 0.15) is 20.9 Å². The van der Waals surface area contributed by atoms with Crippen molar-refractivity contribution in [2.24, 2.45) is 0 Å². The number of hydrogen-bond acceptors (Lipinski definition) is 5. The number of carbonyl (C=O) groups excluding carboxylic acids is 2. The van der Waals surface area contributed by atoms with E-state index in [0.29, 0.717) is 52.6 Å². The number of anilines is 2. The summed E-state index contributed by atoms with van der Waals surface area (Å²) in [5, 5.41) is 6.27. The zero-order valence-electron chi connectivity index (χ0n) is 16.4. The van der Waals surface area contributed by atoms with Gasteiger partial charge in [-0.1, -0.05) is 30.3 Å². The van der Waals surface area contributed by atoms with Crippen LogP contribution in [0.2, 0.25) is 0 Å². The van der Waals surface area contributed by atoms with Crippen LogP contribution in [0.5, 0.6) is 11.5 Å². The van der Waals surface area contributed by atoms with Gasteiger partial charge in [-0.2, -0.15) is 0 Å². The van der Waals surface area contributed by atoms with E-state index in [2.05, 4.69) is 10.6 Å². The third-order valence-corrected chi connectivity index (χ3v) is 4.88. The molecule has 1 aliphatic rings. The maximum absolute atomic E-state index is 13.1. The van der Waals surface area contributed by atoms with Crippen molar-refractivity contribution in [1.29, 1.82) is 0 Å². The molecule has 2 amide bonds. The average molecular weight is 414 g/mol. The van der Waals surface area contributed by atoms with E-state index in [-0.39, 0.29) is 11.7 Å². The smallest absolute Gasteiger partial charge is 0.293 e. The summed E-state index contributed by atoms with van der Waals surface area (Å²) in [5.74, 6) is 0.382. The second-order valence-electron chi connectivity index (χ2n) is 6.94. The molecular formula is C24H18N2O5. The summed E-state index contributed by atoms with van der Waals surface area (Å²) in [5.41, 5.74) is 1.82. The first-order valence-electron chi connectivity index (χ1n) is 9.78. The van der Waals surface area contributed by atoms with Gasteiger partial charge in [-0.3, -0.25) is 9.59 Å². The van der Waals surface area contributed by atoms with Crippen LogP contribution in [-0.4, -0.2) is 25.0 Å². The van der Waals surface area contributed by atoms with E-state index in [1.165, 1.54) is 0 Å². The molecule has 0 saturated heterocycles. The molecule has 154 valence electrons. The number of amides is 2. The van der Waals surface area contributed by atoms with E-state index in [1.54, 1.807) is 60.7 Å². The molecule has 7 heteroatoms. The topological polar surface area (TPSA) is 89.8 Å². The number of rotatable bonds is 4. The lowest BCUT2D eigenvalue weighted by Crippen LogP contribution is -2.18. The number of ether oxygens (including phenoxy) is 2. The van der Waals surface area contributed by atoms with Crippen LogP contribution in [-0.2, 0) is 0 Å². The van der Waals surface area contributed by atoms with Crippen molar-refractivity contribution in [2.75, 3.05) is 23.8 Å². The summed E-state index contributed by atoms with van der Waals surface area (Å²) < 4.78 is 16.9.